The third-order valence-corrected chi connectivity index (χ3v) is 11.9. The van der Waals surface area contributed by atoms with Crippen molar-refractivity contribution in [2.45, 2.75) is 111 Å². The second kappa shape index (κ2) is 13.4. The summed E-state index contributed by atoms with van der Waals surface area (Å²) in [5, 5.41) is 7.88. The molecule has 0 aromatic carbocycles. The van der Waals surface area contributed by atoms with Gasteiger partial charge in [-0.1, -0.05) is 74.7 Å². The number of piperidine rings is 1. The number of sulfonamides is 1. The number of rotatable bonds is 12. The van der Waals surface area contributed by atoms with Crippen molar-refractivity contribution in [3.63, 3.8) is 0 Å². The molecule has 17 heteroatoms. The topological polar surface area (TPSA) is 188 Å². The van der Waals surface area contributed by atoms with Gasteiger partial charge in [-0.05, 0) is 40.4 Å². The van der Waals surface area contributed by atoms with Crippen molar-refractivity contribution in [3.05, 3.63) is 0 Å². The van der Waals surface area contributed by atoms with Gasteiger partial charge in [-0.25, -0.2) is 13.2 Å². The summed E-state index contributed by atoms with van der Waals surface area (Å²) in [6, 6.07) is -5.37. The van der Waals surface area contributed by atoms with Crippen molar-refractivity contribution in [3.8, 4) is 0 Å². The lowest BCUT2D eigenvalue weighted by Crippen LogP contribution is -2.63. The molecule has 13 nitrogen and oxygen atoms in total. The summed E-state index contributed by atoms with van der Waals surface area (Å²) >= 11 is 0. The number of carbonyl (C=O) groups excluding carboxylic acids is 5. The minimum Gasteiger partial charge on any atom is -0.363 e. The van der Waals surface area contributed by atoms with E-state index in [-0.39, 0.29) is 40.4 Å². The molecule has 1 heterocycles. The van der Waals surface area contributed by atoms with Gasteiger partial charge < -0.3 is 26.6 Å². The van der Waals surface area contributed by atoms with Crippen molar-refractivity contribution in [1.82, 2.24) is 25.2 Å². The van der Waals surface area contributed by atoms with Gasteiger partial charge in [-0.3, -0.25) is 19.2 Å². The zero-order valence-electron chi connectivity index (χ0n) is 29.2. The van der Waals surface area contributed by atoms with Crippen molar-refractivity contribution in [2.75, 3.05) is 20.1 Å². The van der Waals surface area contributed by atoms with Crippen molar-refractivity contribution < 1.29 is 45.6 Å². The van der Waals surface area contributed by atoms with Crippen molar-refractivity contribution >= 4 is 39.6 Å². The average molecular weight is 709 g/mol. The van der Waals surface area contributed by atoms with Gasteiger partial charge in [0.05, 0.1) is 6.04 Å². The quantitative estimate of drug-likeness (QED) is 0.224. The van der Waals surface area contributed by atoms with E-state index in [1.165, 1.54) is 4.90 Å². The number of likely N-dealkylation sites (tertiary alicyclic amines) is 1. The van der Waals surface area contributed by atoms with Crippen LogP contribution in [-0.2, 0) is 29.2 Å². The maximum absolute atomic E-state index is 14.2. The van der Waals surface area contributed by atoms with Crippen LogP contribution in [0.25, 0.3) is 0 Å². The number of halogens is 3. The highest BCUT2D eigenvalue weighted by Crippen LogP contribution is 2.65. The highest BCUT2D eigenvalue weighted by atomic mass is 32.2. The van der Waals surface area contributed by atoms with Crippen LogP contribution in [0.1, 0.15) is 81.1 Å². The maximum Gasteiger partial charge on any atom is 0.511 e. The van der Waals surface area contributed by atoms with Crippen LogP contribution in [-0.4, -0.2) is 97.0 Å². The molecule has 1 saturated heterocycles. The van der Waals surface area contributed by atoms with Gasteiger partial charge in [0, 0.05) is 26.2 Å². The van der Waals surface area contributed by atoms with Gasteiger partial charge in [-0.2, -0.15) is 17.5 Å². The van der Waals surface area contributed by atoms with Crippen LogP contribution < -0.4 is 21.7 Å². The lowest BCUT2D eigenvalue weighted by Gasteiger charge is -2.39. The highest BCUT2D eigenvalue weighted by Gasteiger charge is 2.70. The Morgan fingerprint density at radius 3 is 1.96 bits per heavy atom. The Hall–Kier alpha value is -2.95. The Kier molecular flexibility index (Phi) is 11.0. The highest BCUT2D eigenvalue weighted by molar-refractivity contribution is 7.89. The van der Waals surface area contributed by atoms with Gasteiger partial charge in [-0.15, -0.1) is 0 Å². The second-order valence-electron chi connectivity index (χ2n) is 16.3. The molecule has 5 N–H and O–H groups in total. The lowest BCUT2D eigenvalue weighted by atomic mass is 9.80. The van der Waals surface area contributed by atoms with Gasteiger partial charge in [0.1, 0.15) is 12.1 Å². The Bertz CT molecular complexity index is 1400. The standard InChI is InChI=1S/C31H51F3N6O7S/c1-28(2,3)19(15-39(9)48(46,47)31(32,33)34)37-27(45)38-23(29(4,5)6)26(44)40-14-17-20(30(17,7)8)21(40)25(43)36-18(22(41)24(35)42)13-16-11-10-12-16/h16-21,23H,10-15H2,1-9H3,(H2,35,42)(H,36,43)(H2,37,38,45)/t17-,18?,19+,20-,21-,23+/m0/s1. The SMILES string of the molecule is CN(C[C@@H](NC(=O)N[C@H](C(=O)N1C[C@H]2[C@@H]([C@H]1C(=O)NC(CC1CCC1)C(=O)C(N)=O)C2(C)C)C(C)(C)C)C(C)(C)C)S(=O)(=O)C(F)(F)F. The number of nitrogens with two attached hydrogens (primary N) is 1. The van der Waals surface area contributed by atoms with Crippen LogP contribution in [0.3, 0.4) is 0 Å². The van der Waals surface area contributed by atoms with Crippen LogP contribution in [0.5, 0.6) is 0 Å². The number of ketones is 1. The molecule has 0 bridgehead atoms. The first kappa shape index (κ1) is 39.5. The first-order chi connectivity index (χ1) is 21.6. The smallest absolute Gasteiger partial charge is 0.363 e. The largest absolute Gasteiger partial charge is 0.511 e. The third-order valence-electron chi connectivity index (χ3n) is 10.3. The fourth-order valence-electron chi connectivity index (χ4n) is 6.75. The molecule has 2 aliphatic carbocycles. The van der Waals surface area contributed by atoms with Gasteiger partial charge in [0.2, 0.25) is 17.6 Å². The van der Waals surface area contributed by atoms with Gasteiger partial charge in [0.25, 0.3) is 5.91 Å². The Balaban J connectivity index is 1.84. The third kappa shape index (κ3) is 8.25. The molecule has 0 radical (unpaired) electrons. The number of hydrogen-bond acceptors (Lipinski definition) is 7. The number of carbonyl (C=O) groups is 5. The number of likely N-dealkylation sites (N-methyl/N-ethyl adjacent to an activating group) is 1. The molecule has 274 valence electrons. The Morgan fingerprint density at radius 2 is 1.52 bits per heavy atom. The molecule has 6 atom stereocenters. The van der Waals surface area contributed by atoms with E-state index in [2.05, 4.69) is 16.0 Å². The fraction of sp³-hybridized carbons (Fsp3) is 0.839. The minimum atomic E-state index is -5.67. The predicted molar refractivity (Wildman–Crippen MR) is 170 cm³/mol. The normalized spacial score (nSPS) is 24.5. The Morgan fingerprint density at radius 1 is 0.958 bits per heavy atom. The van der Waals surface area contributed by atoms with E-state index < -0.39 is 86.6 Å². The molecule has 5 amide bonds. The van der Waals surface area contributed by atoms with Crippen LogP contribution in [0.4, 0.5) is 18.0 Å². The van der Waals surface area contributed by atoms with E-state index in [9.17, 15) is 45.6 Å². The van der Waals surface area contributed by atoms with Crippen LogP contribution in [0.2, 0.25) is 0 Å². The predicted octanol–water partition coefficient (Wildman–Crippen LogP) is 2.11. The number of Topliss-reactive ketones (excluding diaryl/α,β-unsaturated/α-hetero) is 1. The molecule has 2 saturated carbocycles. The number of urea groups is 1. The number of hydrogen-bond donors (Lipinski definition) is 4. The lowest BCUT2D eigenvalue weighted by molar-refractivity contribution is -0.145. The fourth-order valence-corrected chi connectivity index (χ4v) is 7.45. The van der Waals surface area contributed by atoms with Crippen LogP contribution in [0.15, 0.2) is 0 Å². The summed E-state index contributed by atoms with van der Waals surface area (Å²) in [4.78, 5) is 67.3. The number of primary amides is 1. The number of nitrogens with zero attached hydrogens (tertiary/aromatic N) is 2. The van der Waals surface area contributed by atoms with Crippen LogP contribution >= 0.6 is 0 Å². The molecular formula is C31H51F3N6O7S. The van der Waals surface area contributed by atoms with Crippen molar-refractivity contribution in [2.24, 2.45) is 39.7 Å². The average Bonchev–Trinajstić information content (AvgIpc) is 3.22. The van der Waals surface area contributed by atoms with E-state index in [4.69, 9.17) is 5.73 Å². The molecule has 0 aromatic heterocycles. The molecule has 3 fully saturated rings. The first-order valence-electron chi connectivity index (χ1n) is 16.2. The summed E-state index contributed by atoms with van der Waals surface area (Å²) in [5.41, 5.74) is -2.36. The zero-order valence-corrected chi connectivity index (χ0v) is 30.0. The summed E-state index contributed by atoms with van der Waals surface area (Å²) in [6.07, 6.45) is 2.95. The maximum atomic E-state index is 14.2. The summed E-state index contributed by atoms with van der Waals surface area (Å²) in [5.74, 6) is -3.39. The van der Waals surface area contributed by atoms with E-state index in [1.54, 1.807) is 41.5 Å². The molecule has 3 aliphatic rings. The van der Waals surface area contributed by atoms with Crippen molar-refractivity contribution in [1.29, 1.82) is 0 Å². The van der Waals surface area contributed by atoms with E-state index >= 15 is 0 Å². The molecule has 0 spiro atoms. The number of fused-ring (bicyclic) bond motifs is 1. The summed E-state index contributed by atoms with van der Waals surface area (Å²) in [6.45, 7) is 13.4. The van der Waals surface area contributed by atoms with E-state index in [0.717, 1.165) is 26.3 Å². The first-order valence-corrected chi connectivity index (χ1v) is 17.6. The zero-order chi connectivity index (χ0) is 36.9. The Labute approximate surface area is 280 Å². The number of amides is 5. The molecular weight excluding hydrogens is 657 g/mol. The van der Waals surface area contributed by atoms with E-state index in [0.29, 0.717) is 0 Å². The molecule has 0 aromatic rings. The van der Waals surface area contributed by atoms with Gasteiger partial charge >= 0.3 is 21.6 Å². The van der Waals surface area contributed by atoms with E-state index in [1.807, 2.05) is 13.8 Å². The second-order valence-corrected chi connectivity index (χ2v) is 18.3. The van der Waals surface area contributed by atoms with Gasteiger partial charge in [0.15, 0.2) is 0 Å². The van der Waals surface area contributed by atoms with Crippen LogP contribution in [0, 0.1) is 34.0 Å². The summed E-state index contributed by atoms with van der Waals surface area (Å²) < 4.78 is 63.6. The monoisotopic (exact) mass is 708 g/mol. The molecule has 3 rings (SSSR count). The minimum absolute atomic E-state index is 0.0417. The number of alkyl halides is 3. The molecule has 1 aliphatic heterocycles. The molecule has 1 unspecified atom stereocenters. The molecule has 48 heavy (non-hydrogen) atoms. The summed E-state index contributed by atoms with van der Waals surface area (Å²) in [7, 11) is -4.91. The number of nitrogens with one attached hydrogen (secondary N) is 3.